The normalized spacial score (nSPS) is 10.6. The summed E-state index contributed by atoms with van der Waals surface area (Å²) in [6, 6.07) is 26.8. The molecule has 2 aromatic heterocycles. The van der Waals surface area contributed by atoms with Gasteiger partial charge >= 0.3 is 0 Å². The van der Waals surface area contributed by atoms with Crippen molar-refractivity contribution in [2.24, 2.45) is 0 Å². The summed E-state index contributed by atoms with van der Waals surface area (Å²) in [6.07, 6.45) is 3.55. The van der Waals surface area contributed by atoms with E-state index in [1.54, 1.807) is 0 Å². The first-order valence-corrected chi connectivity index (χ1v) is 10.1. The van der Waals surface area contributed by atoms with Crippen molar-refractivity contribution in [1.82, 2.24) is 15.0 Å². The molecule has 0 spiro atoms. The van der Waals surface area contributed by atoms with E-state index in [0.29, 0.717) is 5.95 Å². The zero-order valence-corrected chi connectivity index (χ0v) is 17.0. The Kier molecular flexibility index (Phi) is 6.30. The summed E-state index contributed by atoms with van der Waals surface area (Å²) in [5.41, 5.74) is 5.30. The lowest BCUT2D eigenvalue weighted by Crippen LogP contribution is -2.09. The molecule has 0 aliphatic carbocycles. The summed E-state index contributed by atoms with van der Waals surface area (Å²) in [5.74, 6) is 1.37. The van der Waals surface area contributed by atoms with E-state index in [9.17, 15) is 0 Å². The molecule has 30 heavy (non-hydrogen) atoms. The maximum atomic E-state index is 4.84. The van der Waals surface area contributed by atoms with Gasteiger partial charge in [0.1, 0.15) is 5.82 Å². The first-order chi connectivity index (χ1) is 14.8. The Morgan fingerprint density at radius 3 is 2.23 bits per heavy atom. The van der Waals surface area contributed by atoms with Gasteiger partial charge < -0.3 is 10.6 Å². The third-order valence-electron chi connectivity index (χ3n) is 4.88. The van der Waals surface area contributed by atoms with Gasteiger partial charge in [-0.3, -0.25) is 4.98 Å². The highest BCUT2D eigenvalue weighted by Crippen LogP contribution is 2.25. The molecule has 0 fully saturated rings. The van der Waals surface area contributed by atoms with Gasteiger partial charge in [-0.2, -0.15) is 4.98 Å². The fourth-order valence-corrected chi connectivity index (χ4v) is 3.34. The molecule has 4 aromatic rings. The van der Waals surface area contributed by atoms with Crippen LogP contribution in [0.25, 0.3) is 11.3 Å². The smallest absolute Gasteiger partial charge is 0.224 e. The number of pyridine rings is 1. The summed E-state index contributed by atoms with van der Waals surface area (Å²) >= 11 is 0. The zero-order chi connectivity index (χ0) is 20.6. The topological polar surface area (TPSA) is 62.7 Å². The number of nitrogens with one attached hydrogen (secondary N) is 2. The van der Waals surface area contributed by atoms with Crippen LogP contribution in [0.5, 0.6) is 0 Å². The van der Waals surface area contributed by atoms with E-state index < -0.39 is 0 Å². The lowest BCUT2D eigenvalue weighted by molar-refractivity contribution is 0.983. The van der Waals surface area contributed by atoms with Crippen LogP contribution in [0.15, 0.2) is 85.1 Å². The lowest BCUT2D eigenvalue weighted by atomic mass is 10.1. The second kappa shape index (κ2) is 9.65. The molecule has 5 heteroatoms. The zero-order valence-electron chi connectivity index (χ0n) is 17.0. The number of benzene rings is 2. The molecular formula is C25H25N5. The highest BCUT2D eigenvalue weighted by Gasteiger charge is 2.10. The van der Waals surface area contributed by atoms with Crippen LogP contribution in [0, 0.1) is 0 Å². The van der Waals surface area contributed by atoms with E-state index in [4.69, 9.17) is 4.98 Å². The molecule has 0 atom stereocenters. The standard InChI is InChI=1S/C25H25N5/c1-26-24-22(18-28-25(30-24)27-16-15-19-9-4-2-5-10-19)23-14-8-13-21(29-23)17-20-11-6-3-7-12-20/h2-14,18H,15-17H2,1H3,(H2,26,27,28,30). The Bertz CT molecular complexity index is 1080. The van der Waals surface area contributed by atoms with Gasteiger partial charge in [0, 0.05) is 31.9 Å². The van der Waals surface area contributed by atoms with Crippen molar-refractivity contribution in [2.75, 3.05) is 24.2 Å². The minimum atomic E-state index is 0.611. The molecule has 2 N–H and O–H groups in total. The monoisotopic (exact) mass is 395 g/mol. The first-order valence-electron chi connectivity index (χ1n) is 10.1. The number of nitrogens with zero attached hydrogens (tertiary/aromatic N) is 3. The first kappa shape index (κ1) is 19.6. The molecule has 150 valence electrons. The van der Waals surface area contributed by atoms with Crippen LogP contribution in [0.2, 0.25) is 0 Å². The summed E-state index contributed by atoms with van der Waals surface area (Å²) in [6.45, 7) is 0.775. The minimum Gasteiger partial charge on any atom is -0.372 e. The summed E-state index contributed by atoms with van der Waals surface area (Å²) in [5, 5.41) is 6.49. The van der Waals surface area contributed by atoms with Crippen LogP contribution in [-0.2, 0) is 12.8 Å². The molecule has 0 bridgehead atoms. The van der Waals surface area contributed by atoms with Crippen molar-refractivity contribution in [3.8, 4) is 11.3 Å². The molecule has 5 nitrogen and oxygen atoms in total. The van der Waals surface area contributed by atoms with Gasteiger partial charge in [0.15, 0.2) is 0 Å². The third-order valence-corrected chi connectivity index (χ3v) is 4.88. The molecule has 0 radical (unpaired) electrons. The molecule has 2 heterocycles. The van der Waals surface area contributed by atoms with Crippen molar-refractivity contribution in [1.29, 1.82) is 0 Å². The summed E-state index contributed by atoms with van der Waals surface area (Å²) in [7, 11) is 1.87. The van der Waals surface area contributed by atoms with Gasteiger partial charge in [-0.05, 0) is 29.7 Å². The van der Waals surface area contributed by atoms with Gasteiger partial charge in [-0.15, -0.1) is 0 Å². The van der Waals surface area contributed by atoms with Crippen LogP contribution in [-0.4, -0.2) is 28.5 Å². The fourth-order valence-electron chi connectivity index (χ4n) is 3.34. The second-order valence-electron chi connectivity index (χ2n) is 7.04. The highest BCUT2D eigenvalue weighted by molar-refractivity contribution is 5.72. The SMILES string of the molecule is CNc1nc(NCCc2ccccc2)ncc1-c1cccc(Cc2ccccc2)n1. The van der Waals surface area contributed by atoms with E-state index in [1.807, 2.05) is 37.5 Å². The number of rotatable bonds is 8. The van der Waals surface area contributed by atoms with Crippen LogP contribution in [0.1, 0.15) is 16.8 Å². The molecule has 0 amide bonds. The number of hydrogen-bond acceptors (Lipinski definition) is 5. The molecule has 2 aromatic carbocycles. The Hall–Kier alpha value is -3.73. The van der Waals surface area contributed by atoms with Gasteiger partial charge in [0.2, 0.25) is 5.95 Å². The van der Waals surface area contributed by atoms with Crippen molar-refractivity contribution < 1.29 is 0 Å². The fraction of sp³-hybridized carbons (Fsp3) is 0.160. The Morgan fingerprint density at radius 1 is 0.767 bits per heavy atom. The third kappa shape index (κ3) is 5.00. The number of hydrogen-bond donors (Lipinski definition) is 2. The van der Waals surface area contributed by atoms with Crippen LogP contribution >= 0.6 is 0 Å². The molecule has 0 unspecified atom stereocenters. The predicted octanol–water partition coefficient (Wildman–Crippen LogP) is 4.83. The number of aromatic nitrogens is 3. The summed E-state index contributed by atoms with van der Waals surface area (Å²) < 4.78 is 0. The van der Waals surface area contributed by atoms with Crippen molar-refractivity contribution in [3.05, 3.63) is 102 Å². The largest absolute Gasteiger partial charge is 0.372 e. The Labute approximate surface area is 177 Å². The Balaban J connectivity index is 1.48. The van der Waals surface area contributed by atoms with Crippen LogP contribution in [0.3, 0.4) is 0 Å². The molecule has 0 saturated carbocycles. The highest BCUT2D eigenvalue weighted by atomic mass is 15.1. The van der Waals surface area contributed by atoms with Gasteiger partial charge in [0.25, 0.3) is 0 Å². The van der Waals surface area contributed by atoms with E-state index in [0.717, 1.165) is 42.2 Å². The van der Waals surface area contributed by atoms with Crippen molar-refractivity contribution in [3.63, 3.8) is 0 Å². The van der Waals surface area contributed by atoms with Gasteiger partial charge in [-0.1, -0.05) is 66.7 Å². The van der Waals surface area contributed by atoms with Crippen LogP contribution in [0.4, 0.5) is 11.8 Å². The average Bonchev–Trinajstić information content (AvgIpc) is 2.80. The molecule has 4 rings (SSSR count). The maximum Gasteiger partial charge on any atom is 0.224 e. The van der Waals surface area contributed by atoms with Gasteiger partial charge in [0.05, 0.1) is 11.3 Å². The molecule has 0 aliphatic rings. The number of anilines is 2. The van der Waals surface area contributed by atoms with E-state index >= 15 is 0 Å². The molecule has 0 saturated heterocycles. The lowest BCUT2D eigenvalue weighted by Gasteiger charge is -2.11. The quantitative estimate of drug-likeness (QED) is 0.448. The van der Waals surface area contributed by atoms with E-state index in [2.05, 4.69) is 75.2 Å². The Morgan fingerprint density at radius 2 is 1.50 bits per heavy atom. The summed E-state index contributed by atoms with van der Waals surface area (Å²) in [4.78, 5) is 14.0. The van der Waals surface area contributed by atoms with E-state index in [-0.39, 0.29) is 0 Å². The average molecular weight is 396 g/mol. The second-order valence-corrected chi connectivity index (χ2v) is 7.04. The maximum absolute atomic E-state index is 4.84. The van der Waals surface area contributed by atoms with E-state index in [1.165, 1.54) is 11.1 Å². The molecule has 0 aliphatic heterocycles. The van der Waals surface area contributed by atoms with Crippen molar-refractivity contribution in [2.45, 2.75) is 12.8 Å². The van der Waals surface area contributed by atoms with Gasteiger partial charge in [-0.25, -0.2) is 4.98 Å². The van der Waals surface area contributed by atoms with Crippen LogP contribution < -0.4 is 10.6 Å². The molecular weight excluding hydrogens is 370 g/mol. The van der Waals surface area contributed by atoms with Crippen molar-refractivity contribution >= 4 is 11.8 Å². The predicted molar refractivity (Wildman–Crippen MR) is 123 cm³/mol. The minimum absolute atomic E-state index is 0.611.